The van der Waals surface area contributed by atoms with Crippen molar-refractivity contribution in [2.45, 2.75) is 40.8 Å². The van der Waals surface area contributed by atoms with Crippen molar-refractivity contribution < 1.29 is 4.74 Å². The zero-order chi connectivity index (χ0) is 20.4. The molecule has 0 bridgehead atoms. The third-order valence-corrected chi connectivity index (χ3v) is 5.75. The Labute approximate surface area is 173 Å². The summed E-state index contributed by atoms with van der Waals surface area (Å²) in [5.74, 6) is 1.67. The molecule has 0 aliphatic heterocycles. The number of benzene rings is 1. The molecule has 2 aromatic rings. The van der Waals surface area contributed by atoms with E-state index in [9.17, 15) is 0 Å². The van der Waals surface area contributed by atoms with E-state index >= 15 is 0 Å². The summed E-state index contributed by atoms with van der Waals surface area (Å²) in [7, 11) is 1.78. The fourth-order valence-corrected chi connectivity index (χ4v) is 3.66. The van der Waals surface area contributed by atoms with Gasteiger partial charge in [0.25, 0.3) is 0 Å². The van der Waals surface area contributed by atoms with E-state index in [4.69, 9.17) is 4.74 Å². The normalized spacial score (nSPS) is 11.7. The van der Waals surface area contributed by atoms with E-state index < -0.39 is 0 Å². The van der Waals surface area contributed by atoms with Crippen LogP contribution in [0.4, 0.5) is 0 Å². The van der Waals surface area contributed by atoms with Gasteiger partial charge in [0.05, 0.1) is 12.2 Å². The molecule has 2 rings (SSSR count). The average Bonchev–Trinajstić information content (AvgIpc) is 3.03. The van der Waals surface area contributed by atoms with Gasteiger partial charge in [-0.2, -0.15) is 0 Å². The first-order valence-electron chi connectivity index (χ1n) is 9.87. The van der Waals surface area contributed by atoms with E-state index in [2.05, 4.69) is 52.3 Å². The third-order valence-electron chi connectivity index (χ3n) is 4.68. The molecule has 28 heavy (non-hydrogen) atoms. The highest BCUT2D eigenvalue weighted by Gasteiger charge is 2.07. The van der Waals surface area contributed by atoms with Gasteiger partial charge in [0.15, 0.2) is 5.96 Å². The number of hydrogen-bond donors (Lipinski definition) is 2. The second-order valence-electron chi connectivity index (χ2n) is 6.51. The summed E-state index contributed by atoms with van der Waals surface area (Å²) in [4.78, 5) is 12.5. The van der Waals surface area contributed by atoms with Gasteiger partial charge in [-0.3, -0.25) is 4.99 Å². The first-order chi connectivity index (χ1) is 13.6. The Morgan fingerprint density at radius 2 is 1.86 bits per heavy atom. The topological polar surface area (TPSA) is 61.8 Å². The molecule has 0 radical (unpaired) electrons. The largest absolute Gasteiger partial charge is 0.492 e. The number of rotatable bonds is 10. The number of likely N-dealkylation sites (N-methyl/N-ethyl adjacent to an activating group) is 1. The Bertz CT molecular complexity index is 736. The van der Waals surface area contributed by atoms with E-state index in [0.29, 0.717) is 19.7 Å². The van der Waals surface area contributed by atoms with Crippen molar-refractivity contribution in [3.05, 3.63) is 45.4 Å². The Kier molecular flexibility index (Phi) is 9.23. The van der Waals surface area contributed by atoms with Gasteiger partial charge in [0.2, 0.25) is 0 Å². The first kappa shape index (κ1) is 22.2. The molecule has 1 aromatic carbocycles. The molecule has 0 saturated carbocycles. The lowest BCUT2D eigenvalue weighted by Crippen LogP contribution is -2.36. The Hall–Kier alpha value is -2.12. The lowest BCUT2D eigenvalue weighted by Gasteiger charge is -2.19. The van der Waals surface area contributed by atoms with Crippen molar-refractivity contribution in [3.63, 3.8) is 0 Å². The van der Waals surface area contributed by atoms with Gasteiger partial charge in [0.1, 0.15) is 17.4 Å². The van der Waals surface area contributed by atoms with Crippen LogP contribution in [0, 0.1) is 13.8 Å². The summed E-state index contributed by atoms with van der Waals surface area (Å²) in [5, 5.41) is 7.76. The molecule has 0 atom stereocenters. The minimum absolute atomic E-state index is 0.650. The van der Waals surface area contributed by atoms with Gasteiger partial charge in [-0.15, -0.1) is 11.3 Å². The molecule has 1 aromatic heterocycles. The monoisotopic (exact) mass is 403 g/mol. The van der Waals surface area contributed by atoms with E-state index in [1.165, 1.54) is 4.88 Å². The number of ether oxygens (including phenoxy) is 1. The molecule has 0 amide bonds. The fourth-order valence-electron chi connectivity index (χ4n) is 2.79. The molecule has 0 spiro atoms. The van der Waals surface area contributed by atoms with Gasteiger partial charge in [-0.1, -0.05) is 32.0 Å². The minimum Gasteiger partial charge on any atom is -0.492 e. The van der Waals surface area contributed by atoms with Gasteiger partial charge < -0.3 is 20.3 Å². The molecule has 154 valence electrons. The van der Waals surface area contributed by atoms with Crippen LogP contribution in [0.2, 0.25) is 0 Å². The summed E-state index contributed by atoms with van der Waals surface area (Å²) in [6, 6.07) is 8.15. The molecular formula is C21H33N5OS. The van der Waals surface area contributed by atoms with Crippen LogP contribution in [0.5, 0.6) is 5.75 Å². The van der Waals surface area contributed by atoms with Crippen molar-refractivity contribution >= 4 is 17.3 Å². The van der Waals surface area contributed by atoms with Gasteiger partial charge in [0, 0.05) is 30.6 Å². The SMILES string of the molecule is CCN(CC)CCOc1ccccc1CNC(=NC)NCc1nc(C)c(C)s1. The fraction of sp³-hybridized carbons (Fsp3) is 0.524. The van der Waals surface area contributed by atoms with Crippen LogP contribution in [-0.2, 0) is 13.1 Å². The summed E-state index contributed by atoms with van der Waals surface area (Å²) < 4.78 is 6.03. The third kappa shape index (κ3) is 6.80. The van der Waals surface area contributed by atoms with E-state index in [-0.39, 0.29) is 0 Å². The molecule has 0 unspecified atom stereocenters. The number of hydrogen-bond acceptors (Lipinski definition) is 5. The zero-order valence-electron chi connectivity index (χ0n) is 17.7. The van der Waals surface area contributed by atoms with Crippen LogP contribution in [0.15, 0.2) is 29.3 Å². The molecule has 0 fully saturated rings. The average molecular weight is 404 g/mol. The summed E-state index contributed by atoms with van der Waals surface area (Å²) in [6.07, 6.45) is 0. The second kappa shape index (κ2) is 11.7. The van der Waals surface area contributed by atoms with E-state index in [1.54, 1.807) is 18.4 Å². The molecule has 6 nitrogen and oxygen atoms in total. The number of nitrogens with zero attached hydrogens (tertiary/aromatic N) is 3. The molecule has 1 heterocycles. The number of para-hydroxylation sites is 1. The number of aliphatic imine (C=N–C) groups is 1. The molecule has 0 aliphatic carbocycles. The Balaban J connectivity index is 1.86. The van der Waals surface area contributed by atoms with Crippen LogP contribution in [0.25, 0.3) is 0 Å². The van der Waals surface area contributed by atoms with Crippen molar-refractivity contribution in [3.8, 4) is 5.75 Å². The van der Waals surface area contributed by atoms with Crippen LogP contribution in [0.1, 0.15) is 35.0 Å². The van der Waals surface area contributed by atoms with Crippen LogP contribution in [-0.4, -0.2) is 49.1 Å². The van der Waals surface area contributed by atoms with E-state index in [1.807, 2.05) is 25.1 Å². The van der Waals surface area contributed by atoms with Gasteiger partial charge in [-0.05, 0) is 33.0 Å². The highest BCUT2D eigenvalue weighted by Crippen LogP contribution is 2.18. The summed E-state index contributed by atoms with van der Waals surface area (Å²) >= 11 is 1.72. The number of aromatic nitrogens is 1. The van der Waals surface area contributed by atoms with Crippen LogP contribution >= 0.6 is 11.3 Å². The molecule has 7 heteroatoms. The lowest BCUT2D eigenvalue weighted by atomic mass is 10.2. The Morgan fingerprint density at radius 1 is 1.14 bits per heavy atom. The lowest BCUT2D eigenvalue weighted by molar-refractivity contribution is 0.221. The standard InChI is InChI=1S/C21H33N5OS/c1-6-26(7-2)12-13-27-19-11-9-8-10-18(19)14-23-21(22-5)24-15-20-25-16(3)17(4)28-20/h8-11H,6-7,12-15H2,1-5H3,(H2,22,23,24). The van der Waals surface area contributed by atoms with Crippen molar-refractivity contribution in [2.24, 2.45) is 4.99 Å². The number of nitrogens with one attached hydrogen (secondary N) is 2. The first-order valence-corrected chi connectivity index (χ1v) is 10.7. The minimum atomic E-state index is 0.650. The second-order valence-corrected chi connectivity index (χ2v) is 7.80. The predicted molar refractivity (Wildman–Crippen MR) is 118 cm³/mol. The molecule has 0 saturated heterocycles. The smallest absolute Gasteiger partial charge is 0.191 e. The molecule has 2 N–H and O–H groups in total. The van der Waals surface area contributed by atoms with Crippen molar-refractivity contribution in [2.75, 3.05) is 33.3 Å². The van der Waals surface area contributed by atoms with Crippen LogP contribution < -0.4 is 15.4 Å². The predicted octanol–water partition coefficient (Wildman–Crippen LogP) is 3.35. The number of guanidine groups is 1. The number of aryl methyl sites for hydroxylation is 2. The van der Waals surface area contributed by atoms with Crippen molar-refractivity contribution in [1.82, 2.24) is 20.5 Å². The highest BCUT2D eigenvalue weighted by molar-refractivity contribution is 7.11. The maximum absolute atomic E-state index is 6.03. The number of thiazole rings is 1. The van der Waals surface area contributed by atoms with Crippen LogP contribution in [0.3, 0.4) is 0 Å². The van der Waals surface area contributed by atoms with E-state index in [0.717, 1.165) is 47.6 Å². The maximum atomic E-state index is 6.03. The van der Waals surface area contributed by atoms with Crippen molar-refractivity contribution in [1.29, 1.82) is 0 Å². The zero-order valence-corrected chi connectivity index (χ0v) is 18.5. The Morgan fingerprint density at radius 3 is 2.50 bits per heavy atom. The summed E-state index contributed by atoms with van der Waals surface area (Å²) in [5.41, 5.74) is 2.21. The quantitative estimate of drug-likeness (QED) is 0.471. The maximum Gasteiger partial charge on any atom is 0.191 e. The van der Waals surface area contributed by atoms with Gasteiger partial charge >= 0.3 is 0 Å². The molecule has 0 aliphatic rings. The van der Waals surface area contributed by atoms with Gasteiger partial charge in [-0.25, -0.2) is 4.98 Å². The molecular weight excluding hydrogens is 370 g/mol. The highest BCUT2D eigenvalue weighted by atomic mass is 32.1. The summed E-state index contributed by atoms with van der Waals surface area (Å²) in [6.45, 7) is 13.5.